The first-order valence-corrected chi connectivity index (χ1v) is 8.65. The predicted molar refractivity (Wildman–Crippen MR) is 95.7 cm³/mol. The van der Waals surface area contributed by atoms with Crippen molar-refractivity contribution in [3.63, 3.8) is 0 Å². The number of nitrogens with zero attached hydrogens (tertiary/aromatic N) is 2. The summed E-state index contributed by atoms with van der Waals surface area (Å²) in [6.45, 7) is 0.942. The van der Waals surface area contributed by atoms with Gasteiger partial charge in [-0.1, -0.05) is 6.07 Å². The van der Waals surface area contributed by atoms with Gasteiger partial charge >= 0.3 is 12.1 Å². The van der Waals surface area contributed by atoms with E-state index < -0.39 is 35.7 Å². The van der Waals surface area contributed by atoms with Crippen LogP contribution in [0, 0.1) is 6.92 Å². The third-order valence-corrected chi connectivity index (χ3v) is 4.76. The van der Waals surface area contributed by atoms with Gasteiger partial charge in [0.1, 0.15) is 17.2 Å². The molecule has 0 atom stereocenters. The summed E-state index contributed by atoms with van der Waals surface area (Å²) in [7, 11) is 0. The third-order valence-electron chi connectivity index (χ3n) is 3.89. The molecule has 3 rings (SSSR count). The highest BCUT2D eigenvalue weighted by Crippen LogP contribution is 2.30. The van der Waals surface area contributed by atoms with Gasteiger partial charge in [0.05, 0.1) is 16.5 Å². The van der Waals surface area contributed by atoms with Gasteiger partial charge in [-0.05, 0) is 25.1 Å². The van der Waals surface area contributed by atoms with Crippen LogP contribution < -0.4 is 10.9 Å². The van der Waals surface area contributed by atoms with Crippen molar-refractivity contribution in [2.24, 2.45) is 0 Å². The number of aromatic carboxylic acids is 1. The van der Waals surface area contributed by atoms with Crippen LogP contribution in [-0.4, -0.2) is 26.5 Å². The Bertz CT molecular complexity index is 1150. The molecule has 146 valence electrons. The van der Waals surface area contributed by atoms with E-state index in [0.717, 1.165) is 34.1 Å². The Balaban J connectivity index is 1.91. The molecule has 0 saturated carbocycles. The molecule has 0 aliphatic heterocycles. The van der Waals surface area contributed by atoms with Crippen LogP contribution in [0.2, 0.25) is 0 Å². The molecular formula is C17H12F3N3O4S. The highest BCUT2D eigenvalue weighted by atomic mass is 32.1. The minimum Gasteiger partial charge on any atom is -0.478 e. The van der Waals surface area contributed by atoms with Crippen molar-refractivity contribution in [3.05, 3.63) is 57.0 Å². The van der Waals surface area contributed by atoms with Gasteiger partial charge in [-0.3, -0.25) is 14.2 Å². The van der Waals surface area contributed by atoms with Gasteiger partial charge in [-0.2, -0.15) is 13.2 Å². The van der Waals surface area contributed by atoms with Crippen molar-refractivity contribution in [1.82, 2.24) is 9.55 Å². The van der Waals surface area contributed by atoms with Crippen LogP contribution in [0.25, 0.3) is 10.2 Å². The number of thiophene rings is 1. The van der Waals surface area contributed by atoms with Gasteiger partial charge in [-0.15, -0.1) is 11.3 Å². The molecule has 0 fully saturated rings. The Labute approximate surface area is 159 Å². The van der Waals surface area contributed by atoms with E-state index in [4.69, 9.17) is 0 Å². The molecule has 1 amide bonds. The summed E-state index contributed by atoms with van der Waals surface area (Å²) in [5.41, 5.74) is -1.93. The highest BCUT2D eigenvalue weighted by molar-refractivity contribution is 7.17. The number of anilines is 1. The topological polar surface area (TPSA) is 101 Å². The summed E-state index contributed by atoms with van der Waals surface area (Å²) in [4.78, 5) is 40.5. The number of carboxylic acids is 1. The SMILES string of the molecule is Cc1nc2scc(C(=O)O)c2c(=O)n1CC(=O)Nc1cccc(C(F)(F)F)c1. The molecule has 0 bridgehead atoms. The molecule has 2 aromatic heterocycles. The van der Waals surface area contributed by atoms with Gasteiger partial charge in [0, 0.05) is 11.1 Å². The second kappa shape index (κ2) is 7.08. The number of carbonyl (C=O) groups excluding carboxylic acids is 1. The van der Waals surface area contributed by atoms with Crippen LogP contribution in [0.3, 0.4) is 0 Å². The lowest BCUT2D eigenvalue weighted by Gasteiger charge is -2.12. The van der Waals surface area contributed by atoms with E-state index in [0.29, 0.717) is 0 Å². The van der Waals surface area contributed by atoms with E-state index in [1.807, 2.05) is 0 Å². The summed E-state index contributed by atoms with van der Waals surface area (Å²) >= 11 is 0.992. The van der Waals surface area contributed by atoms with Crippen molar-refractivity contribution >= 4 is 39.1 Å². The maximum absolute atomic E-state index is 12.8. The average Bonchev–Trinajstić information content (AvgIpc) is 3.02. The molecular weight excluding hydrogens is 399 g/mol. The Morgan fingerprint density at radius 1 is 1.32 bits per heavy atom. The number of alkyl halides is 3. The van der Waals surface area contributed by atoms with E-state index in [2.05, 4.69) is 10.3 Å². The van der Waals surface area contributed by atoms with E-state index in [-0.39, 0.29) is 27.3 Å². The van der Waals surface area contributed by atoms with Crippen molar-refractivity contribution in [1.29, 1.82) is 0 Å². The molecule has 1 aromatic carbocycles. The van der Waals surface area contributed by atoms with Crippen molar-refractivity contribution in [2.75, 3.05) is 5.32 Å². The number of amides is 1. The Hall–Kier alpha value is -3.21. The first-order valence-electron chi connectivity index (χ1n) is 7.77. The van der Waals surface area contributed by atoms with Gasteiger partial charge in [0.2, 0.25) is 5.91 Å². The molecule has 0 radical (unpaired) electrons. The standard InChI is InChI=1S/C17H12F3N3O4S/c1-8-21-14-13(11(7-28-14)16(26)27)15(25)23(8)6-12(24)22-10-4-2-3-9(5-10)17(18,19)20/h2-5,7H,6H2,1H3,(H,22,24)(H,26,27). The molecule has 11 heteroatoms. The summed E-state index contributed by atoms with van der Waals surface area (Å²) < 4.78 is 39.3. The third kappa shape index (κ3) is 3.74. The molecule has 0 aliphatic carbocycles. The maximum Gasteiger partial charge on any atom is 0.416 e. The maximum atomic E-state index is 12.8. The second-order valence-corrected chi connectivity index (χ2v) is 6.67. The van der Waals surface area contributed by atoms with Crippen LogP contribution in [-0.2, 0) is 17.5 Å². The van der Waals surface area contributed by atoms with E-state index in [1.54, 1.807) is 0 Å². The first-order chi connectivity index (χ1) is 13.1. The lowest BCUT2D eigenvalue weighted by Crippen LogP contribution is -2.30. The van der Waals surface area contributed by atoms with E-state index in [1.165, 1.54) is 18.4 Å². The molecule has 0 aliphatic rings. The Kier molecular flexibility index (Phi) is 4.94. The molecule has 28 heavy (non-hydrogen) atoms. The number of fused-ring (bicyclic) bond motifs is 1. The lowest BCUT2D eigenvalue weighted by atomic mass is 10.2. The number of aryl methyl sites for hydroxylation is 1. The van der Waals surface area contributed by atoms with Gasteiger partial charge < -0.3 is 10.4 Å². The zero-order valence-corrected chi connectivity index (χ0v) is 15.0. The Morgan fingerprint density at radius 3 is 2.68 bits per heavy atom. The van der Waals surface area contributed by atoms with Crippen molar-refractivity contribution in [2.45, 2.75) is 19.6 Å². The zero-order valence-electron chi connectivity index (χ0n) is 14.2. The molecule has 0 saturated heterocycles. The number of hydrogen-bond acceptors (Lipinski definition) is 5. The molecule has 2 N–H and O–H groups in total. The molecule has 0 unspecified atom stereocenters. The fraction of sp³-hybridized carbons (Fsp3) is 0.176. The number of rotatable bonds is 4. The van der Waals surface area contributed by atoms with Crippen LogP contribution >= 0.6 is 11.3 Å². The predicted octanol–water partition coefficient (Wildman–Crippen LogP) is 3.12. The number of carboxylic acid groups (broad SMARTS) is 1. The molecule has 2 heterocycles. The van der Waals surface area contributed by atoms with Gasteiger partial charge in [-0.25, -0.2) is 9.78 Å². The minimum absolute atomic E-state index is 0.0821. The largest absolute Gasteiger partial charge is 0.478 e. The average molecular weight is 411 g/mol. The smallest absolute Gasteiger partial charge is 0.416 e. The van der Waals surface area contributed by atoms with Gasteiger partial charge in [0.25, 0.3) is 5.56 Å². The van der Waals surface area contributed by atoms with Crippen LogP contribution in [0.4, 0.5) is 18.9 Å². The fourth-order valence-electron chi connectivity index (χ4n) is 2.59. The summed E-state index contributed by atoms with van der Waals surface area (Å²) in [5.74, 6) is -1.87. The monoisotopic (exact) mass is 411 g/mol. The summed E-state index contributed by atoms with van der Waals surface area (Å²) in [5, 5.41) is 12.7. The number of benzene rings is 1. The number of hydrogen-bond donors (Lipinski definition) is 2. The summed E-state index contributed by atoms with van der Waals surface area (Å²) in [6.07, 6.45) is -4.56. The number of aromatic nitrogens is 2. The van der Waals surface area contributed by atoms with Crippen LogP contribution in [0.5, 0.6) is 0 Å². The van der Waals surface area contributed by atoms with E-state index in [9.17, 15) is 32.7 Å². The van der Waals surface area contributed by atoms with Gasteiger partial charge in [0.15, 0.2) is 0 Å². The molecule has 7 nitrogen and oxygen atoms in total. The quantitative estimate of drug-likeness (QED) is 0.687. The number of nitrogens with one attached hydrogen (secondary N) is 1. The second-order valence-electron chi connectivity index (χ2n) is 5.81. The van der Waals surface area contributed by atoms with E-state index >= 15 is 0 Å². The highest BCUT2D eigenvalue weighted by Gasteiger charge is 2.30. The van der Waals surface area contributed by atoms with Crippen LogP contribution in [0.15, 0.2) is 34.4 Å². The molecule has 0 spiro atoms. The number of carbonyl (C=O) groups is 2. The zero-order chi connectivity index (χ0) is 20.6. The van der Waals surface area contributed by atoms with Crippen molar-refractivity contribution in [3.8, 4) is 0 Å². The molecule has 3 aromatic rings. The Morgan fingerprint density at radius 2 is 2.04 bits per heavy atom. The number of halogens is 3. The lowest BCUT2D eigenvalue weighted by molar-refractivity contribution is -0.137. The minimum atomic E-state index is -4.56. The fourth-order valence-corrected chi connectivity index (χ4v) is 3.54. The van der Waals surface area contributed by atoms with Crippen LogP contribution in [0.1, 0.15) is 21.7 Å². The summed E-state index contributed by atoms with van der Waals surface area (Å²) in [6, 6.07) is 4.07. The van der Waals surface area contributed by atoms with Crippen molar-refractivity contribution < 1.29 is 27.9 Å². The normalized spacial score (nSPS) is 11.6. The first kappa shape index (κ1) is 19.5.